The molecule has 104 valence electrons. The lowest BCUT2D eigenvalue weighted by atomic mass is 10.1. The van der Waals surface area contributed by atoms with Gasteiger partial charge in [-0.05, 0) is 42.7 Å². The first-order valence-corrected chi connectivity index (χ1v) is 6.67. The molecule has 2 aromatic rings. The van der Waals surface area contributed by atoms with Crippen molar-refractivity contribution in [3.8, 4) is 0 Å². The van der Waals surface area contributed by atoms with Crippen LogP contribution in [0.25, 0.3) is 0 Å². The number of amides is 1. The normalized spacial score (nSPS) is 10.3. The van der Waals surface area contributed by atoms with E-state index in [2.05, 4.69) is 10.3 Å². The Morgan fingerprint density at radius 2 is 1.95 bits per heavy atom. The summed E-state index contributed by atoms with van der Waals surface area (Å²) in [5.41, 5.74) is 1.14. The van der Waals surface area contributed by atoms with Gasteiger partial charge < -0.3 is 5.32 Å². The second kappa shape index (κ2) is 7.01. The average Bonchev–Trinajstić information content (AvgIpc) is 2.44. The van der Waals surface area contributed by atoms with Gasteiger partial charge in [0.05, 0.1) is 6.20 Å². The molecule has 1 amide bonds. The van der Waals surface area contributed by atoms with E-state index in [1.807, 2.05) is 24.3 Å². The Kier molecular flexibility index (Phi) is 5.07. The SMILES string of the molecule is O=C(CCCc1ccc(Cl)cc1)Nc1ccc(F)cn1. The Balaban J connectivity index is 1.75. The number of pyridine rings is 1. The Morgan fingerprint density at radius 1 is 1.20 bits per heavy atom. The number of nitrogens with zero attached hydrogens (tertiary/aromatic N) is 1. The smallest absolute Gasteiger partial charge is 0.225 e. The third-order valence-electron chi connectivity index (χ3n) is 2.78. The van der Waals surface area contributed by atoms with Crippen molar-refractivity contribution in [1.82, 2.24) is 4.98 Å². The molecule has 1 heterocycles. The van der Waals surface area contributed by atoms with Gasteiger partial charge in [-0.2, -0.15) is 0 Å². The van der Waals surface area contributed by atoms with Crippen LogP contribution in [0, 0.1) is 5.82 Å². The van der Waals surface area contributed by atoms with Gasteiger partial charge in [0.25, 0.3) is 0 Å². The predicted octanol–water partition coefficient (Wildman–Crippen LogP) is 3.84. The van der Waals surface area contributed by atoms with E-state index in [9.17, 15) is 9.18 Å². The lowest BCUT2D eigenvalue weighted by molar-refractivity contribution is -0.116. The summed E-state index contributed by atoms with van der Waals surface area (Å²) in [6.07, 6.45) is 3.00. The molecule has 5 heteroatoms. The van der Waals surface area contributed by atoms with E-state index >= 15 is 0 Å². The molecule has 1 aromatic carbocycles. The lowest BCUT2D eigenvalue weighted by Gasteiger charge is -2.04. The minimum Gasteiger partial charge on any atom is -0.311 e. The first-order valence-electron chi connectivity index (χ1n) is 6.29. The van der Waals surface area contributed by atoms with Crippen LogP contribution in [-0.2, 0) is 11.2 Å². The maximum absolute atomic E-state index is 12.7. The molecule has 0 atom stereocenters. The standard InChI is InChI=1S/C15H14ClFN2O/c16-12-6-4-11(5-7-12)2-1-3-15(20)19-14-9-8-13(17)10-18-14/h4-10H,1-3H2,(H,18,19,20). The topological polar surface area (TPSA) is 42.0 Å². The fourth-order valence-electron chi connectivity index (χ4n) is 1.76. The number of aryl methyl sites for hydroxylation is 1. The third kappa shape index (κ3) is 4.63. The van der Waals surface area contributed by atoms with Gasteiger partial charge in [-0.15, -0.1) is 0 Å². The highest BCUT2D eigenvalue weighted by Crippen LogP contribution is 2.12. The second-order valence-electron chi connectivity index (χ2n) is 4.39. The summed E-state index contributed by atoms with van der Waals surface area (Å²) in [5, 5.41) is 3.33. The van der Waals surface area contributed by atoms with Gasteiger partial charge in [-0.1, -0.05) is 23.7 Å². The molecule has 2 rings (SSSR count). The molecule has 20 heavy (non-hydrogen) atoms. The molecule has 0 aliphatic rings. The lowest BCUT2D eigenvalue weighted by Crippen LogP contribution is -2.12. The highest BCUT2D eigenvalue weighted by atomic mass is 35.5. The van der Waals surface area contributed by atoms with Gasteiger partial charge in [0.2, 0.25) is 5.91 Å². The largest absolute Gasteiger partial charge is 0.311 e. The van der Waals surface area contributed by atoms with E-state index in [4.69, 9.17) is 11.6 Å². The van der Waals surface area contributed by atoms with Gasteiger partial charge in [-0.3, -0.25) is 4.79 Å². The van der Waals surface area contributed by atoms with E-state index < -0.39 is 5.82 Å². The number of carbonyl (C=O) groups is 1. The van der Waals surface area contributed by atoms with Crippen LogP contribution in [0.1, 0.15) is 18.4 Å². The quantitative estimate of drug-likeness (QED) is 0.910. The minimum atomic E-state index is -0.425. The van der Waals surface area contributed by atoms with E-state index in [0.29, 0.717) is 17.3 Å². The zero-order chi connectivity index (χ0) is 14.4. The van der Waals surface area contributed by atoms with Gasteiger partial charge in [0.1, 0.15) is 11.6 Å². The van der Waals surface area contributed by atoms with Crippen molar-refractivity contribution in [2.45, 2.75) is 19.3 Å². The summed E-state index contributed by atoms with van der Waals surface area (Å²) in [4.78, 5) is 15.4. The fourth-order valence-corrected chi connectivity index (χ4v) is 1.89. The summed E-state index contributed by atoms with van der Waals surface area (Å²) in [5.74, 6) is -0.188. The van der Waals surface area contributed by atoms with Crippen molar-refractivity contribution in [2.75, 3.05) is 5.32 Å². The number of aromatic nitrogens is 1. The molecular formula is C15H14ClFN2O. The number of rotatable bonds is 5. The molecular weight excluding hydrogens is 279 g/mol. The van der Waals surface area contributed by atoms with E-state index in [0.717, 1.165) is 24.6 Å². The van der Waals surface area contributed by atoms with Crippen molar-refractivity contribution in [3.63, 3.8) is 0 Å². The molecule has 0 saturated carbocycles. The predicted molar refractivity (Wildman–Crippen MR) is 77.2 cm³/mol. The van der Waals surface area contributed by atoms with Crippen LogP contribution in [0.2, 0.25) is 5.02 Å². The van der Waals surface area contributed by atoms with Gasteiger partial charge in [0.15, 0.2) is 0 Å². The fraction of sp³-hybridized carbons (Fsp3) is 0.200. The molecule has 3 nitrogen and oxygen atoms in total. The average molecular weight is 293 g/mol. The molecule has 0 aliphatic heterocycles. The first-order chi connectivity index (χ1) is 9.63. The number of hydrogen-bond acceptors (Lipinski definition) is 2. The number of nitrogens with one attached hydrogen (secondary N) is 1. The van der Waals surface area contributed by atoms with Crippen LogP contribution in [-0.4, -0.2) is 10.9 Å². The molecule has 1 aromatic heterocycles. The molecule has 0 spiro atoms. The molecule has 0 aliphatic carbocycles. The highest BCUT2D eigenvalue weighted by Gasteiger charge is 2.04. The number of anilines is 1. The van der Waals surface area contributed by atoms with Crippen molar-refractivity contribution in [1.29, 1.82) is 0 Å². The van der Waals surface area contributed by atoms with Crippen LogP contribution < -0.4 is 5.32 Å². The summed E-state index contributed by atoms with van der Waals surface area (Å²) in [7, 11) is 0. The Hall–Kier alpha value is -1.94. The van der Waals surface area contributed by atoms with Crippen molar-refractivity contribution < 1.29 is 9.18 Å². The minimum absolute atomic E-state index is 0.127. The number of hydrogen-bond donors (Lipinski definition) is 1. The monoisotopic (exact) mass is 292 g/mol. The Bertz CT molecular complexity index is 569. The van der Waals surface area contributed by atoms with Crippen LogP contribution in [0.4, 0.5) is 10.2 Å². The van der Waals surface area contributed by atoms with Crippen molar-refractivity contribution in [2.24, 2.45) is 0 Å². The number of halogens is 2. The van der Waals surface area contributed by atoms with Gasteiger partial charge in [-0.25, -0.2) is 9.37 Å². The van der Waals surface area contributed by atoms with E-state index in [1.54, 1.807) is 0 Å². The zero-order valence-corrected chi connectivity index (χ0v) is 11.5. The van der Waals surface area contributed by atoms with Crippen LogP contribution in [0.5, 0.6) is 0 Å². The van der Waals surface area contributed by atoms with Crippen LogP contribution >= 0.6 is 11.6 Å². The summed E-state index contributed by atoms with van der Waals surface area (Å²) < 4.78 is 12.7. The second-order valence-corrected chi connectivity index (χ2v) is 4.83. The Morgan fingerprint density at radius 3 is 2.60 bits per heavy atom. The zero-order valence-electron chi connectivity index (χ0n) is 10.8. The summed E-state index contributed by atoms with van der Waals surface area (Å²) in [6, 6.07) is 10.3. The van der Waals surface area contributed by atoms with Crippen LogP contribution in [0.15, 0.2) is 42.6 Å². The summed E-state index contributed by atoms with van der Waals surface area (Å²) in [6.45, 7) is 0. The van der Waals surface area contributed by atoms with Gasteiger partial charge >= 0.3 is 0 Å². The highest BCUT2D eigenvalue weighted by molar-refractivity contribution is 6.30. The number of carbonyl (C=O) groups excluding carboxylic acids is 1. The van der Waals surface area contributed by atoms with Crippen molar-refractivity contribution >= 4 is 23.3 Å². The maximum atomic E-state index is 12.7. The molecule has 0 bridgehead atoms. The molecule has 0 fully saturated rings. The molecule has 1 N–H and O–H groups in total. The van der Waals surface area contributed by atoms with E-state index in [1.165, 1.54) is 12.1 Å². The Labute approximate surface area is 121 Å². The van der Waals surface area contributed by atoms with Crippen LogP contribution in [0.3, 0.4) is 0 Å². The third-order valence-corrected chi connectivity index (χ3v) is 3.03. The van der Waals surface area contributed by atoms with Crippen molar-refractivity contribution in [3.05, 3.63) is 59.0 Å². The summed E-state index contributed by atoms with van der Waals surface area (Å²) >= 11 is 5.80. The maximum Gasteiger partial charge on any atom is 0.225 e. The van der Waals surface area contributed by atoms with E-state index in [-0.39, 0.29) is 5.91 Å². The molecule has 0 unspecified atom stereocenters. The molecule has 0 radical (unpaired) electrons. The van der Waals surface area contributed by atoms with Gasteiger partial charge in [0, 0.05) is 11.4 Å². The molecule has 0 saturated heterocycles. The number of benzene rings is 1. The first kappa shape index (κ1) is 14.5.